The fourth-order valence-electron chi connectivity index (χ4n) is 5.78. The van der Waals surface area contributed by atoms with Crippen molar-refractivity contribution in [3.05, 3.63) is 72.1 Å². The molecule has 38 heavy (non-hydrogen) atoms. The molecular weight excluding hydrogens is 478 g/mol. The normalized spacial score (nSPS) is 18.6. The maximum absolute atomic E-state index is 13.4. The Morgan fingerprint density at radius 3 is 1.58 bits per heavy atom. The Labute approximate surface area is 222 Å². The molecule has 3 heterocycles. The first kappa shape index (κ1) is 24.8. The SMILES string of the molecule is CCN1CCOCCn2cc(c3ccccc32)C2=C(C(=O)CC2=O)c2cn(c3ccccc23)CCOCC1. The number of nitrogens with zero attached hydrogens (tertiary/aromatic N) is 3. The summed E-state index contributed by atoms with van der Waals surface area (Å²) >= 11 is 0. The van der Waals surface area contributed by atoms with Crippen molar-refractivity contribution in [2.24, 2.45) is 0 Å². The van der Waals surface area contributed by atoms with Gasteiger partial charge in [0.15, 0.2) is 11.6 Å². The van der Waals surface area contributed by atoms with E-state index in [2.05, 4.69) is 33.1 Å². The Balaban J connectivity index is 1.51. The van der Waals surface area contributed by atoms with Crippen molar-refractivity contribution in [1.29, 1.82) is 0 Å². The largest absolute Gasteiger partial charge is 0.378 e. The molecule has 196 valence electrons. The zero-order valence-electron chi connectivity index (χ0n) is 21.8. The summed E-state index contributed by atoms with van der Waals surface area (Å²) in [6, 6.07) is 16.2. The van der Waals surface area contributed by atoms with Crippen LogP contribution in [0.3, 0.4) is 0 Å². The number of para-hydroxylation sites is 2. The molecule has 0 saturated heterocycles. The first-order chi connectivity index (χ1) is 18.7. The van der Waals surface area contributed by atoms with Crippen molar-refractivity contribution >= 4 is 44.5 Å². The lowest BCUT2D eigenvalue weighted by Crippen LogP contribution is -2.31. The number of hydrogen-bond acceptors (Lipinski definition) is 5. The third kappa shape index (κ3) is 4.51. The van der Waals surface area contributed by atoms with Crippen molar-refractivity contribution in [3.8, 4) is 0 Å². The lowest BCUT2D eigenvalue weighted by molar-refractivity contribution is -0.119. The summed E-state index contributed by atoms with van der Waals surface area (Å²) in [6.07, 6.45) is 3.96. The molecule has 2 aliphatic rings. The van der Waals surface area contributed by atoms with Crippen LogP contribution in [0.15, 0.2) is 60.9 Å². The van der Waals surface area contributed by atoms with Crippen molar-refractivity contribution in [2.75, 3.05) is 46.1 Å². The number of Topliss-reactive ketones (excluding diaryl/α,β-unsaturated/α-hetero) is 2. The smallest absolute Gasteiger partial charge is 0.172 e. The molecule has 0 N–H and O–H groups in total. The molecule has 0 saturated carbocycles. The van der Waals surface area contributed by atoms with Gasteiger partial charge in [0.05, 0.1) is 32.8 Å². The van der Waals surface area contributed by atoms with Crippen molar-refractivity contribution in [3.63, 3.8) is 0 Å². The molecule has 7 nitrogen and oxygen atoms in total. The predicted octanol–water partition coefficient (Wildman–Crippen LogP) is 4.42. The van der Waals surface area contributed by atoms with E-state index in [1.54, 1.807) is 0 Å². The molecule has 0 atom stereocenters. The average molecular weight is 512 g/mol. The van der Waals surface area contributed by atoms with Crippen molar-refractivity contribution in [1.82, 2.24) is 14.0 Å². The van der Waals surface area contributed by atoms with Gasteiger partial charge in [0.25, 0.3) is 0 Å². The predicted molar refractivity (Wildman–Crippen MR) is 149 cm³/mol. The van der Waals surface area contributed by atoms with Gasteiger partial charge in [0.2, 0.25) is 0 Å². The van der Waals surface area contributed by atoms with E-state index in [0.29, 0.717) is 50.7 Å². The topological polar surface area (TPSA) is 65.7 Å². The van der Waals surface area contributed by atoms with E-state index in [1.165, 1.54) is 0 Å². The molecule has 1 aliphatic heterocycles. The van der Waals surface area contributed by atoms with Crippen LogP contribution in [0.1, 0.15) is 24.5 Å². The van der Waals surface area contributed by atoms with Crippen molar-refractivity contribution < 1.29 is 19.1 Å². The summed E-state index contributed by atoms with van der Waals surface area (Å²) in [5.41, 5.74) is 4.77. The van der Waals surface area contributed by atoms with Gasteiger partial charge in [0.1, 0.15) is 0 Å². The van der Waals surface area contributed by atoms with Gasteiger partial charge >= 0.3 is 0 Å². The van der Waals surface area contributed by atoms with Gasteiger partial charge in [-0.2, -0.15) is 0 Å². The minimum atomic E-state index is -0.116. The Kier molecular flexibility index (Phi) is 6.98. The van der Waals surface area contributed by atoms with Gasteiger partial charge in [-0.3, -0.25) is 14.5 Å². The highest BCUT2D eigenvalue weighted by molar-refractivity contribution is 6.52. The van der Waals surface area contributed by atoms with Crippen molar-refractivity contribution in [2.45, 2.75) is 26.4 Å². The van der Waals surface area contributed by atoms with Crippen LogP contribution in [0.25, 0.3) is 33.0 Å². The summed E-state index contributed by atoms with van der Waals surface area (Å²) in [6.45, 7) is 8.59. The first-order valence-corrected chi connectivity index (χ1v) is 13.5. The van der Waals surface area contributed by atoms with Crippen LogP contribution in [-0.4, -0.2) is 71.7 Å². The molecule has 6 rings (SSSR count). The molecule has 0 radical (unpaired) electrons. The van der Waals surface area contributed by atoms with E-state index in [4.69, 9.17) is 9.47 Å². The Hall–Kier alpha value is -3.52. The third-order valence-electron chi connectivity index (χ3n) is 7.75. The summed E-state index contributed by atoms with van der Waals surface area (Å²) in [5, 5.41) is 1.96. The number of benzene rings is 2. The minimum Gasteiger partial charge on any atom is -0.378 e. The molecule has 7 heteroatoms. The van der Waals surface area contributed by atoms with Crippen LogP contribution < -0.4 is 0 Å². The summed E-state index contributed by atoms with van der Waals surface area (Å²) in [4.78, 5) is 29.1. The second kappa shape index (κ2) is 10.7. The highest BCUT2D eigenvalue weighted by Gasteiger charge is 2.35. The summed E-state index contributed by atoms with van der Waals surface area (Å²) in [7, 11) is 0. The maximum Gasteiger partial charge on any atom is 0.172 e. The van der Waals surface area contributed by atoms with Crippen LogP contribution in [0, 0.1) is 0 Å². The van der Waals surface area contributed by atoms with Gasteiger partial charge < -0.3 is 18.6 Å². The van der Waals surface area contributed by atoms with Gasteiger partial charge in [-0.05, 0) is 18.7 Å². The van der Waals surface area contributed by atoms with Gasteiger partial charge in [-0.25, -0.2) is 0 Å². The molecule has 0 amide bonds. The van der Waals surface area contributed by atoms with E-state index in [1.807, 2.05) is 48.8 Å². The molecule has 0 fully saturated rings. The first-order valence-electron chi connectivity index (χ1n) is 13.5. The molecule has 0 spiro atoms. The monoisotopic (exact) mass is 511 g/mol. The number of likely N-dealkylation sites (N-methyl/N-ethyl adjacent to an activating group) is 1. The van der Waals surface area contributed by atoms with E-state index in [9.17, 15) is 9.59 Å². The van der Waals surface area contributed by atoms with Crippen LogP contribution in [0.5, 0.6) is 0 Å². The van der Waals surface area contributed by atoms with Gasteiger partial charge in [0, 0.05) is 82.7 Å². The highest BCUT2D eigenvalue weighted by atomic mass is 16.5. The number of rotatable bonds is 1. The number of fused-ring (bicyclic) bond motifs is 12. The minimum absolute atomic E-state index is 0.0934. The molecule has 2 aromatic carbocycles. The fourth-order valence-corrected chi connectivity index (χ4v) is 5.78. The molecule has 1 aliphatic carbocycles. The van der Waals surface area contributed by atoms with Gasteiger partial charge in [-0.15, -0.1) is 0 Å². The molecular formula is C31H33N3O4. The number of ketones is 2. The fraction of sp³-hybridized carbons (Fsp3) is 0.355. The lowest BCUT2D eigenvalue weighted by atomic mass is 9.95. The van der Waals surface area contributed by atoms with E-state index in [0.717, 1.165) is 52.6 Å². The maximum atomic E-state index is 13.4. The number of carbonyl (C=O) groups excluding carboxylic acids is 2. The van der Waals surface area contributed by atoms with Crippen LogP contribution in [-0.2, 0) is 32.2 Å². The zero-order valence-corrected chi connectivity index (χ0v) is 21.8. The van der Waals surface area contributed by atoms with E-state index in [-0.39, 0.29) is 18.0 Å². The standard InChI is InChI=1S/C31H33N3O4/c1-2-32-11-15-37-17-13-33-20-24(22-7-3-5-9-26(22)33)30-28(35)19-29(36)31(30)25-21-34(14-18-38-16-12-32)27-10-6-4-8-23(25)27/h3-10,20-21H,2,11-19H2,1H3. The number of ether oxygens (including phenoxy) is 2. The Bertz CT molecular complexity index is 1430. The number of hydrogen-bond donors (Lipinski definition) is 0. The molecule has 0 unspecified atom stereocenters. The zero-order chi connectivity index (χ0) is 26.1. The van der Waals surface area contributed by atoms with E-state index < -0.39 is 0 Å². The second-order valence-corrected chi connectivity index (χ2v) is 9.94. The van der Waals surface area contributed by atoms with Gasteiger partial charge in [-0.1, -0.05) is 43.3 Å². The van der Waals surface area contributed by atoms with E-state index >= 15 is 0 Å². The third-order valence-corrected chi connectivity index (χ3v) is 7.75. The summed E-state index contributed by atoms with van der Waals surface area (Å²) < 4.78 is 16.3. The quantitative estimate of drug-likeness (QED) is 0.354. The number of carbonyl (C=O) groups is 2. The molecule has 4 aromatic rings. The average Bonchev–Trinajstić information content (AvgIpc) is 3.57. The highest BCUT2D eigenvalue weighted by Crippen LogP contribution is 2.41. The number of aromatic nitrogens is 2. The van der Waals surface area contributed by atoms with Crippen LogP contribution in [0.2, 0.25) is 0 Å². The second-order valence-electron chi connectivity index (χ2n) is 9.94. The number of allylic oxidation sites excluding steroid dienone is 2. The lowest BCUT2D eigenvalue weighted by Gasteiger charge is -2.20. The molecule has 2 aromatic heterocycles. The Morgan fingerprint density at radius 2 is 1.11 bits per heavy atom. The molecule has 4 bridgehead atoms. The summed E-state index contributed by atoms with van der Waals surface area (Å²) in [5.74, 6) is -0.232. The Morgan fingerprint density at radius 1 is 0.658 bits per heavy atom. The van der Waals surface area contributed by atoms with Crippen LogP contribution >= 0.6 is 0 Å². The van der Waals surface area contributed by atoms with Crippen LogP contribution in [0.4, 0.5) is 0 Å².